The highest BCUT2D eigenvalue weighted by atomic mass is 19.4. The molecule has 2 aromatic rings. The van der Waals surface area contributed by atoms with E-state index in [2.05, 4.69) is 5.10 Å². The second-order valence-corrected chi connectivity index (χ2v) is 7.51. The van der Waals surface area contributed by atoms with Crippen LogP contribution in [0.15, 0.2) is 24.3 Å². The van der Waals surface area contributed by atoms with E-state index in [1.54, 1.807) is 19.9 Å². The molecular formula is C20H25F3N4O. The first kappa shape index (κ1) is 20.4. The van der Waals surface area contributed by atoms with E-state index in [4.69, 9.17) is 5.73 Å². The number of carbonyl (C=O) groups excluding carboxylic acids is 1. The maximum Gasteiger partial charge on any atom is 0.416 e. The maximum atomic E-state index is 13.0. The number of amides is 1. The Kier molecular flexibility index (Phi) is 5.52. The number of alkyl halides is 3. The molecule has 1 aliphatic rings. The van der Waals surface area contributed by atoms with E-state index in [9.17, 15) is 18.0 Å². The first-order chi connectivity index (χ1) is 13.1. The summed E-state index contributed by atoms with van der Waals surface area (Å²) in [4.78, 5) is 14.7. The fourth-order valence-electron chi connectivity index (χ4n) is 3.83. The molecule has 5 nitrogen and oxygen atoms in total. The summed E-state index contributed by atoms with van der Waals surface area (Å²) in [6.07, 6.45) is -2.70. The topological polar surface area (TPSA) is 64.2 Å². The van der Waals surface area contributed by atoms with Gasteiger partial charge in [-0.1, -0.05) is 6.07 Å². The second kappa shape index (κ2) is 7.58. The highest BCUT2D eigenvalue weighted by Gasteiger charge is 2.31. The minimum atomic E-state index is -4.42. The van der Waals surface area contributed by atoms with Crippen LogP contribution in [0.25, 0.3) is 5.69 Å². The van der Waals surface area contributed by atoms with Crippen LogP contribution >= 0.6 is 0 Å². The SMILES string of the molecule is Cc1nn(-c2cccc(C(F)(F)F)c2)c(C)c1CC(=O)N1CC[C@H](N)C[C@H]1C. The van der Waals surface area contributed by atoms with Crippen molar-refractivity contribution in [1.82, 2.24) is 14.7 Å². The molecule has 8 heteroatoms. The number of aromatic nitrogens is 2. The zero-order valence-corrected chi connectivity index (χ0v) is 16.3. The maximum absolute atomic E-state index is 13.0. The number of carbonyl (C=O) groups is 1. The summed E-state index contributed by atoms with van der Waals surface area (Å²) in [6.45, 7) is 6.16. The molecule has 1 aromatic heterocycles. The van der Waals surface area contributed by atoms with Crippen molar-refractivity contribution in [3.63, 3.8) is 0 Å². The van der Waals surface area contributed by atoms with Gasteiger partial charge in [0.05, 0.1) is 23.4 Å². The van der Waals surface area contributed by atoms with Gasteiger partial charge in [0.2, 0.25) is 5.91 Å². The molecule has 28 heavy (non-hydrogen) atoms. The largest absolute Gasteiger partial charge is 0.416 e. The van der Waals surface area contributed by atoms with Gasteiger partial charge in [0.1, 0.15) is 0 Å². The Balaban J connectivity index is 1.86. The Labute approximate surface area is 162 Å². The quantitative estimate of drug-likeness (QED) is 0.868. The lowest BCUT2D eigenvalue weighted by atomic mass is 9.98. The highest BCUT2D eigenvalue weighted by molar-refractivity contribution is 5.79. The van der Waals surface area contributed by atoms with Crippen LogP contribution in [0.3, 0.4) is 0 Å². The number of hydrogen-bond donors (Lipinski definition) is 1. The van der Waals surface area contributed by atoms with Crippen LogP contribution < -0.4 is 5.73 Å². The van der Waals surface area contributed by atoms with E-state index in [-0.39, 0.29) is 24.4 Å². The van der Waals surface area contributed by atoms with E-state index in [1.807, 2.05) is 11.8 Å². The van der Waals surface area contributed by atoms with Gasteiger partial charge in [0, 0.05) is 29.9 Å². The molecular weight excluding hydrogens is 369 g/mol. The summed E-state index contributed by atoms with van der Waals surface area (Å²) in [6, 6.07) is 5.23. The van der Waals surface area contributed by atoms with Crippen LogP contribution in [0.4, 0.5) is 13.2 Å². The standard InChI is InChI=1S/C20H25F3N4O/c1-12-9-16(24)7-8-26(12)19(28)11-18-13(2)25-27(14(18)3)17-6-4-5-15(10-17)20(21,22)23/h4-6,10,12,16H,7-9,11,24H2,1-3H3/t12-,16+/m1/s1. The fourth-order valence-corrected chi connectivity index (χ4v) is 3.83. The van der Waals surface area contributed by atoms with Gasteiger partial charge in [-0.25, -0.2) is 4.68 Å². The zero-order chi connectivity index (χ0) is 20.6. The molecule has 0 bridgehead atoms. The third kappa shape index (κ3) is 4.06. The second-order valence-electron chi connectivity index (χ2n) is 7.51. The van der Waals surface area contributed by atoms with Gasteiger partial charge in [-0.2, -0.15) is 18.3 Å². The van der Waals surface area contributed by atoms with Crippen LogP contribution in [-0.2, 0) is 17.4 Å². The van der Waals surface area contributed by atoms with Gasteiger partial charge < -0.3 is 10.6 Å². The number of piperidine rings is 1. The Morgan fingerprint density at radius 3 is 2.68 bits per heavy atom. The molecule has 0 saturated carbocycles. The van der Waals surface area contributed by atoms with Gasteiger partial charge in [-0.3, -0.25) is 4.79 Å². The number of hydrogen-bond acceptors (Lipinski definition) is 3. The molecule has 1 aliphatic heterocycles. The van der Waals surface area contributed by atoms with Crippen molar-refractivity contribution in [2.24, 2.45) is 5.73 Å². The molecule has 1 fully saturated rings. The average Bonchev–Trinajstić information content (AvgIpc) is 2.89. The van der Waals surface area contributed by atoms with E-state index < -0.39 is 11.7 Å². The normalized spacial score (nSPS) is 20.5. The molecule has 0 aliphatic carbocycles. The minimum absolute atomic E-state index is 0.00538. The Hall–Kier alpha value is -2.35. The number of nitrogens with zero attached hydrogens (tertiary/aromatic N) is 3. The number of aryl methyl sites for hydroxylation is 1. The number of halogens is 3. The van der Waals surface area contributed by atoms with Crippen LogP contribution in [0, 0.1) is 13.8 Å². The molecule has 0 spiro atoms. The lowest BCUT2D eigenvalue weighted by Gasteiger charge is -2.36. The molecule has 0 radical (unpaired) electrons. The summed E-state index contributed by atoms with van der Waals surface area (Å²) in [5.41, 5.74) is 7.63. The lowest BCUT2D eigenvalue weighted by Crippen LogP contribution is -2.48. The fraction of sp³-hybridized carbons (Fsp3) is 0.500. The summed E-state index contributed by atoms with van der Waals surface area (Å²) in [5, 5.41) is 4.39. The summed E-state index contributed by atoms with van der Waals surface area (Å²) < 4.78 is 40.5. The first-order valence-electron chi connectivity index (χ1n) is 9.35. The summed E-state index contributed by atoms with van der Waals surface area (Å²) >= 11 is 0. The van der Waals surface area contributed by atoms with Gasteiger partial charge in [-0.15, -0.1) is 0 Å². The number of likely N-dealkylation sites (tertiary alicyclic amines) is 1. The van der Waals surface area contributed by atoms with Crippen molar-refractivity contribution < 1.29 is 18.0 Å². The van der Waals surface area contributed by atoms with Crippen molar-refractivity contribution in [2.75, 3.05) is 6.54 Å². The molecule has 2 heterocycles. The third-order valence-electron chi connectivity index (χ3n) is 5.42. The Morgan fingerprint density at radius 1 is 1.32 bits per heavy atom. The molecule has 1 saturated heterocycles. The van der Waals surface area contributed by atoms with E-state index >= 15 is 0 Å². The van der Waals surface area contributed by atoms with E-state index in [0.717, 1.165) is 30.5 Å². The number of benzene rings is 1. The van der Waals surface area contributed by atoms with E-state index in [1.165, 1.54) is 10.7 Å². The van der Waals surface area contributed by atoms with Gasteiger partial charge in [0.15, 0.2) is 0 Å². The van der Waals surface area contributed by atoms with Crippen molar-refractivity contribution in [1.29, 1.82) is 0 Å². The van der Waals surface area contributed by atoms with Gasteiger partial charge in [0.25, 0.3) is 0 Å². The molecule has 152 valence electrons. The Morgan fingerprint density at radius 2 is 2.04 bits per heavy atom. The monoisotopic (exact) mass is 394 g/mol. The molecule has 1 amide bonds. The van der Waals surface area contributed by atoms with E-state index in [0.29, 0.717) is 23.6 Å². The van der Waals surface area contributed by atoms with Gasteiger partial charge in [-0.05, 0) is 51.8 Å². The smallest absolute Gasteiger partial charge is 0.340 e. The summed E-state index contributed by atoms with van der Waals surface area (Å²) in [5.74, 6) is -0.00538. The Bertz CT molecular complexity index is 875. The number of nitrogens with two attached hydrogens (primary N) is 1. The van der Waals surface area contributed by atoms with Crippen LogP contribution in [0.5, 0.6) is 0 Å². The first-order valence-corrected chi connectivity index (χ1v) is 9.35. The number of rotatable bonds is 3. The van der Waals surface area contributed by atoms with Crippen molar-refractivity contribution in [2.45, 2.75) is 58.3 Å². The van der Waals surface area contributed by atoms with Crippen LogP contribution in [0.2, 0.25) is 0 Å². The van der Waals surface area contributed by atoms with Gasteiger partial charge >= 0.3 is 6.18 Å². The molecule has 0 unspecified atom stereocenters. The van der Waals surface area contributed by atoms with Crippen molar-refractivity contribution >= 4 is 5.91 Å². The average molecular weight is 394 g/mol. The zero-order valence-electron chi connectivity index (χ0n) is 16.3. The third-order valence-corrected chi connectivity index (χ3v) is 5.42. The van der Waals surface area contributed by atoms with Crippen LogP contribution in [-0.4, -0.2) is 39.2 Å². The van der Waals surface area contributed by atoms with Crippen molar-refractivity contribution in [3.05, 3.63) is 46.8 Å². The molecule has 2 atom stereocenters. The molecule has 2 N–H and O–H groups in total. The minimum Gasteiger partial charge on any atom is -0.340 e. The predicted molar refractivity (Wildman–Crippen MR) is 100 cm³/mol. The molecule has 3 rings (SSSR count). The summed E-state index contributed by atoms with van der Waals surface area (Å²) in [7, 11) is 0. The molecule has 1 aromatic carbocycles. The lowest BCUT2D eigenvalue weighted by molar-refractivity contribution is -0.137. The van der Waals surface area contributed by atoms with Crippen molar-refractivity contribution in [3.8, 4) is 5.69 Å². The predicted octanol–water partition coefficient (Wildman–Crippen LogP) is 3.39. The highest BCUT2D eigenvalue weighted by Crippen LogP contribution is 2.31. The van der Waals surface area contributed by atoms with Crippen LogP contribution in [0.1, 0.15) is 42.3 Å².